The third kappa shape index (κ3) is 3.62. The summed E-state index contributed by atoms with van der Waals surface area (Å²) in [6.45, 7) is 3.51. The molecule has 1 amide bonds. The molecule has 7 heteroatoms. The Morgan fingerprint density at radius 3 is 2.74 bits per heavy atom. The highest BCUT2D eigenvalue weighted by molar-refractivity contribution is 6.04. The largest absolute Gasteiger partial charge is 0.350 e. The number of aromatic nitrogens is 3. The Balaban J connectivity index is 1.23. The minimum Gasteiger partial charge on any atom is -0.350 e. The average Bonchev–Trinajstić information content (AvgIpc) is 3.17. The molecule has 0 saturated carbocycles. The topological polar surface area (TPSA) is 72.2 Å². The third-order valence-corrected chi connectivity index (χ3v) is 7.24. The maximum absolute atomic E-state index is 13.3. The molecule has 2 atom stereocenters. The van der Waals surface area contributed by atoms with Gasteiger partial charge in [0.1, 0.15) is 5.69 Å². The van der Waals surface area contributed by atoms with Crippen molar-refractivity contribution in [1.29, 1.82) is 0 Å². The van der Waals surface area contributed by atoms with Crippen molar-refractivity contribution in [3.63, 3.8) is 0 Å². The van der Waals surface area contributed by atoms with Gasteiger partial charge in [0, 0.05) is 79.9 Å². The Kier molecular flexibility index (Phi) is 5.07. The predicted octanol–water partition coefficient (Wildman–Crippen LogP) is 3.61. The minimum absolute atomic E-state index is 0.114. The first-order valence-corrected chi connectivity index (χ1v) is 11.8. The van der Waals surface area contributed by atoms with Crippen LogP contribution in [0.5, 0.6) is 0 Å². The zero-order valence-corrected chi connectivity index (χ0v) is 19.1. The van der Waals surface area contributed by atoms with Gasteiger partial charge in [0.05, 0.1) is 0 Å². The number of likely N-dealkylation sites (tertiary alicyclic amines) is 1. The zero-order valence-electron chi connectivity index (χ0n) is 19.1. The number of nitrogens with zero attached hydrogens (tertiary/aromatic N) is 4. The van der Waals surface area contributed by atoms with Crippen LogP contribution in [0.4, 0.5) is 5.69 Å². The van der Waals surface area contributed by atoms with Crippen LogP contribution in [-0.4, -0.2) is 38.0 Å². The maximum Gasteiger partial charge on any atom is 0.274 e. The highest BCUT2D eigenvalue weighted by Crippen LogP contribution is 2.36. The SMILES string of the molecule is Cn1cc(CN2C[C@@H]3C[C@H](C2)c2ccc(NC(=O)c4ccncc4)c(=O)n2C3)c2ccccc21. The molecular weight excluding hydrogens is 426 g/mol. The summed E-state index contributed by atoms with van der Waals surface area (Å²) < 4.78 is 4.09. The van der Waals surface area contributed by atoms with Crippen molar-refractivity contribution in [2.45, 2.75) is 25.4 Å². The van der Waals surface area contributed by atoms with Crippen molar-refractivity contribution in [1.82, 2.24) is 19.0 Å². The fraction of sp³-hybridized carbons (Fsp3) is 0.296. The van der Waals surface area contributed by atoms with Gasteiger partial charge in [0.2, 0.25) is 0 Å². The normalized spacial score (nSPS) is 19.7. The Bertz CT molecular complexity index is 1440. The summed E-state index contributed by atoms with van der Waals surface area (Å²) in [7, 11) is 2.10. The van der Waals surface area contributed by atoms with E-state index in [4.69, 9.17) is 0 Å². The molecule has 5 heterocycles. The molecule has 0 aliphatic carbocycles. The molecule has 6 rings (SSSR count). The fourth-order valence-corrected chi connectivity index (χ4v) is 5.76. The molecule has 0 unspecified atom stereocenters. The second kappa shape index (κ2) is 8.25. The van der Waals surface area contributed by atoms with E-state index >= 15 is 0 Å². The first-order chi connectivity index (χ1) is 16.6. The van der Waals surface area contributed by atoms with Crippen LogP contribution in [0.3, 0.4) is 0 Å². The van der Waals surface area contributed by atoms with Crippen molar-refractivity contribution in [2.75, 3.05) is 18.4 Å². The van der Waals surface area contributed by atoms with Crippen LogP contribution < -0.4 is 10.9 Å². The van der Waals surface area contributed by atoms with Crippen LogP contribution in [0.15, 0.2) is 71.9 Å². The number of amides is 1. The summed E-state index contributed by atoms with van der Waals surface area (Å²) >= 11 is 0. The summed E-state index contributed by atoms with van der Waals surface area (Å²) in [6.07, 6.45) is 6.49. The van der Waals surface area contributed by atoms with E-state index in [0.717, 1.165) is 31.7 Å². The van der Waals surface area contributed by atoms with Crippen LogP contribution in [0, 0.1) is 5.92 Å². The molecule has 2 aliphatic heterocycles. The van der Waals surface area contributed by atoms with E-state index in [9.17, 15) is 9.59 Å². The Morgan fingerprint density at radius 2 is 1.88 bits per heavy atom. The number of piperidine rings is 1. The first-order valence-electron chi connectivity index (χ1n) is 11.8. The van der Waals surface area contributed by atoms with Crippen LogP contribution in [0.25, 0.3) is 10.9 Å². The van der Waals surface area contributed by atoms with Gasteiger partial charge in [-0.15, -0.1) is 0 Å². The number of hydrogen-bond acceptors (Lipinski definition) is 4. The molecule has 4 aromatic rings. The zero-order chi connectivity index (χ0) is 23.2. The van der Waals surface area contributed by atoms with Gasteiger partial charge in [-0.3, -0.25) is 19.5 Å². The number of benzene rings is 1. The van der Waals surface area contributed by atoms with Crippen LogP contribution in [0.1, 0.15) is 34.0 Å². The third-order valence-electron chi connectivity index (χ3n) is 7.24. The molecule has 0 radical (unpaired) electrons. The number of carbonyl (C=O) groups is 1. The Labute approximate surface area is 197 Å². The number of fused-ring (bicyclic) bond motifs is 5. The van der Waals surface area contributed by atoms with Crippen molar-refractivity contribution >= 4 is 22.5 Å². The average molecular weight is 454 g/mol. The Hall–Kier alpha value is -3.71. The number of para-hydroxylation sites is 1. The molecule has 1 saturated heterocycles. The summed E-state index contributed by atoms with van der Waals surface area (Å²) in [4.78, 5) is 32.3. The van der Waals surface area contributed by atoms with Crippen LogP contribution >= 0.6 is 0 Å². The molecule has 3 aromatic heterocycles. The van der Waals surface area contributed by atoms with E-state index in [-0.39, 0.29) is 11.5 Å². The number of pyridine rings is 2. The van der Waals surface area contributed by atoms with Crippen molar-refractivity contribution in [3.05, 3.63) is 94.3 Å². The predicted molar refractivity (Wildman–Crippen MR) is 132 cm³/mol. The lowest BCUT2D eigenvalue weighted by atomic mass is 9.83. The lowest BCUT2D eigenvalue weighted by molar-refractivity contribution is 0.102. The van der Waals surface area contributed by atoms with Crippen LogP contribution in [-0.2, 0) is 20.1 Å². The number of hydrogen-bond donors (Lipinski definition) is 1. The van der Waals surface area contributed by atoms with Gasteiger partial charge in [0.15, 0.2) is 0 Å². The van der Waals surface area contributed by atoms with Gasteiger partial charge >= 0.3 is 0 Å². The second-order valence-corrected chi connectivity index (χ2v) is 9.55. The number of anilines is 1. The van der Waals surface area contributed by atoms with Gasteiger partial charge in [0.25, 0.3) is 11.5 Å². The number of rotatable bonds is 4. The number of carbonyl (C=O) groups excluding carboxylic acids is 1. The summed E-state index contributed by atoms with van der Waals surface area (Å²) in [5.74, 6) is 0.447. The van der Waals surface area contributed by atoms with Gasteiger partial charge in [-0.25, -0.2) is 0 Å². The molecule has 172 valence electrons. The first kappa shape index (κ1) is 20.9. The van der Waals surface area contributed by atoms with Crippen molar-refractivity contribution in [2.24, 2.45) is 13.0 Å². The summed E-state index contributed by atoms with van der Waals surface area (Å²) in [6, 6.07) is 15.6. The molecule has 0 spiro atoms. The molecular formula is C27H27N5O2. The van der Waals surface area contributed by atoms with E-state index < -0.39 is 0 Å². The Morgan fingerprint density at radius 1 is 1.06 bits per heavy atom. The number of nitrogens with one attached hydrogen (secondary N) is 1. The highest BCUT2D eigenvalue weighted by atomic mass is 16.2. The molecule has 1 N–H and O–H groups in total. The summed E-state index contributed by atoms with van der Waals surface area (Å²) in [5.41, 5.74) is 4.39. The van der Waals surface area contributed by atoms with Gasteiger partial charge in [-0.2, -0.15) is 0 Å². The van der Waals surface area contributed by atoms with Crippen molar-refractivity contribution < 1.29 is 4.79 Å². The van der Waals surface area contributed by atoms with Crippen LogP contribution in [0.2, 0.25) is 0 Å². The highest BCUT2D eigenvalue weighted by Gasteiger charge is 2.35. The van der Waals surface area contributed by atoms with E-state index in [2.05, 4.69) is 57.3 Å². The second-order valence-electron chi connectivity index (χ2n) is 9.55. The van der Waals surface area contributed by atoms with Crippen molar-refractivity contribution in [3.8, 4) is 0 Å². The van der Waals surface area contributed by atoms with E-state index in [1.807, 2.05) is 10.6 Å². The van der Waals surface area contributed by atoms with E-state index in [1.165, 1.54) is 16.5 Å². The molecule has 7 nitrogen and oxygen atoms in total. The molecule has 2 bridgehead atoms. The lowest BCUT2D eigenvalue weighted by Gasteiger charge is -2.43. The smallest absolute Gasteiger partial charge is 0.274 e. The van der Waals surface area contributed by atoms with Gasteiger partial charge in [-0.05, 0) is 48.2 Å². The molecule has 1 fully saturated rings. The maximum atomic E-state index is 13.3. The standard InChI is InChI=1S/C27H27N5O2/c1-30-15-21(22-4-2-3-5-25(22)30)17-31-13-18-12-20(16-31)24-7-6-23(27(34)32(24)14-18)29-26(33)19-8-10-28-11-9-19/h2-11,15,18,20H,12-14,16-17H2,1H3,(H,29,33)/t18-,20+/m0/s1. The minimum atomic E-state index is -0.294. The monoisotopic (exact) mass is 453 g/mol. The fourth-order valence-electron chi connectivity index (χ4n) is 5.76. The van der Waals surface area contributed by atoms with E-state index in [1.54, 1.807) is 30.6 Å². The van der Waals surface area contributed by atoms with Gasteiger partial charge in [-0.1, -0.05) is 18.2 Å². The lowest BCUT2D eigenvalue weighted by Crippen LogP contribution is -2.47. The van der Waals surface area contributed by atoms with Gasteiger partial charge < -0.3 is 14.5 Å². The van der Waals surface area contributed by atoms with E-state index in [0.29, 0.717) is 29.6 Å². The quantitative estimate of drug-likeness (QED) is 0.513. The molecule has 2 aliphatic rings. The molecule has 34 heavy (non-hydrogen) atoms. The molecule has 1 aromatic carbocycles. The number of aryl methyl sites for hydroxylation is 1. The summed E-state index contributed by atoms with van der Waals surface area (Å²) in [5, 5.41) is 4.10.